The Kier molecular flexibility index (Phi) is 4.92. The lowest BCUT2D eigenvalue weighted by molar-refractivity contribution is -0.149. The number of carbonyl (C=O) groups is 2. The van der Waals surface area contributed by atoms with Crippen molar-refractivity contribution in [3.05, 3.63) is 21.3 Å². The van der Waals surface area contributed by atoms with Gasteiger partial charge >= 0.3 is 5.97 Å². The van der Waals surface area contributed by atoms with Crippen LogP contribution < -0.4 is 9.47 Å². The van der Waals surface area contributed by atoms with E-state index in [1.54, 1.807) is 19.2 Å². The third-order valence-corrected chi connectivity index (χ3v) is 4.24. The number of likely N-dealkylation sites (tertiary alicyclic amines) is 1. The van der Waals surface area contributed by atoms with Gasteiger partial charge in [-0.1, -0.05) is 0 Å². The van der Waals surface area contributed by atoms with Crippen molar-refractivity contribution >= 4 is 34.5 Å². The molecule has 1 amide bonds. The standard InChI is InChI=1S/C14H16INO5/c1-19-11-7-8(6-9(15)12(11)20-2)13(17)16-5-4-10(16)14(18)21-3/h6-7,10H,4-5H2,1-3H3. The van der Waals surface area contributed by atoms with Crippen LogP contribution in [-0.4, -0.2) is 50.7 Å². The van der Waals surface area contributed by atoms with Crippen LogP contribution in [0.15, 0.2) is 12.1 Å². The number of benzene rings is 1. The molecule has 1 unspecified atom stereocenters. The molecule has 1 aromatic carbocycles. The van der Waals surface area contributed by atoms with Crippen LogP contribution in [0.2, 0.25) is 0 Å². The van der Waals surface area contributed by atoms with Gasteiger partial charge in [-0.2, -0.15) is 0 Å². The highest BCUT2D eigenvalue weighted by molar-refractivity contribution is 14.1. The SMILES string of the molecule is COC(=O)C1CCN1C(=O)c1cc(I)c(OC)c(OC)c1. The summed E-state index contributed by atoms with van der Waals surface area (Å²) in [6, 6.07) is 2.85. The molecule has 7 heteroatoms. The molecule has 0 saturated carbocycles. The molecule has 0 aliphatic carbocycles. The molecular weight excluding hydrogens is 389 g/mol. The Bertz CT molecular complexity index is 575. The second-order valence-corrected chi connectivity index (χ2v) is 5.68. The maximum atomic E-state index is 12.5. The number of hydrogen-bond donors (Lipinski definition) is 0. The second-order valence-electron chi connectivity index (χ2n) is 4.52. The first-order chi connectivity index (χ1) is 10.0. The second kappa shape index (κ2) is 6.50. The van der Waals surface area contributed by atoms with E-state index >= 15 is 0 Å². The van der Waals surface area contributed by atoms with Crippen molar-refractivity contribution in [3.63, 3.8) is 0 Å². The molecule has 0 radical (unpaired) electrons. The molecule has 1 fully saturated rings. The smallest absolute Gasteiger partial charge is 0.328 e. The lowest BCUT2D eigenvalue weighted by Crippen LogP contribution is -2.55. The van der Waals surface area contributed by atoms with Crippen LogP contribution in [0.1, 0.15) is 16.8 Å². The lowest BCUT2D eigenvalue weighted by atomic mass is 10.0. The van der Waals surface area contributed by atoms with Crippen LogP contribution in [0.4, 0.5) is 0 Å². The summed E-state index contributed by atoms with van der Waals surface area (Å²) in [6.45, 7) is 0.545. The maximum Gasteiger partial charge on any atom is 0.328 e. The van der Waals surface area contributed by atoms with E-state index in [-0.39, 0.29) is 11.9 Å². The Balaban J connectivity index is 2.28. The third kappa shape index (κ3) is 2.92. The van der Waals surface area contributed by atoms with Crippen LogP contribution >= 0.6 is 22.6 Å². The van der Waals surface area contributed by atoms with Gasteiger partial charge in [0.1, 0.15) is 6.04 Å². The number of carbonyl (C=O) groups excluding carboxylic acids is 2. The number of hydrogen-bond acceptors (Lipinski definition) is 5. The minimum atomic E-state index is -0.492. The largest absolute Gasteiger partial charge is 0.493 e. The van der Waals surface area contributed by atoms with Crippen molar-refractivity contribution in [3.8, 4) is 11.5 Å². The fourth-order valence-corrected chi connectivity index (χ4v) is 3.04. The van der Waals surface area contributed by atoms with E-state index in [1.165, 1.54) is 19.1 Å². The summed E-state index contributed by atoms with van der Waals surface area (Å²) in [4.78, 5) is 25.6. The third-order valence-electron chi connectivity index (χ3n) is 3.43. The molecule has 1 atom stereocenters. The highest BCUT2D eigenvalue weighted by Gasteiger charge is 2.39. The molecule has 114 valence electrons. The zero-order valence-corrected chi connectivity index (χ0v) is 14.2. The van der Waals surface area contributed by atoms with Crippen molar-refractivity contribution in [1.29, 1.82) is 0 Å². The van der Waals surface area contributed by atoms with Crippen LogP contribution in [0.3, 0.4) is 0 Å². The number of ether oxygens (including phenoxy) is 3. The minimum Gasteiger partial charge on any atom is -0.493 e. The van der Waals surface area contributed by atoms with Gasteiger partial charge in [-0.15, -0.1) is 0 Å². The summed E-state index contributed by atoms with van der Waals surface area (Å²) in [6.07, 6.45) is 0.628. The number of amides is 1. The summed E-state index contributed by atoms with van der Waals surface area (Å²) in [5.41, 5.74) is 0.464. The Morgan fingerprint density at radius 3 is 2.43 bits per heavy atom. The molecule has 0 bridgehead atoms. The summed E-state index contributed by atoms with van der Waals surface area (Å²) in [5.74, 6) is 0.478. The molecular formula is C14H16INO5. The average Bonchev–Trinajstić information content (AvgIpc) is 2.44. The van der Waals surface area contributed by atoms with E-state index in [0.29, 0.717) is 30.0 Å². The van der Waals surface area contributed by atoms with Crippen LogP contribution in [0.25, 0.3) is 0 Å². The highest BCUT2D eigenvalue weighted by Crippen LogP contribution is 2.34. The Hall–Kier alpha value is -1.51. The van der Waals surface area contributed by atoms with Gasteiger partial charge in [0, 0.05) is 12.1 Å². The van der Waals surface area contributed by atoms with Crippen molar-refractivity contribution in [2.45, 2.75) is 12.5 Å². The molecule has 2 rings (SSSR count). The van der Waals surface area contributed by atoms with E-state index in [4.69, 9.17) is 14.2 Å². The fraction of sp³-hybridized carbons (Fsp3) is 0.429. The highest BCUT2D eigenvalue weighted by atomic mass is 127. The number of nitrogens with zero attached hydrogens (tertiary/aromatic N) is 1. The number of halogens is 1. The van der Waals surface area contributed by atoms with E-state index in [0.717, 1.165) is 3.57 Å². The monoisotopic (exact) mass is 405 g/mol. The van der Waals surface area contributed by atoms with Gasteiger partial charge < -0.3 is 19.1 Å². The van der Waals surface area contributed by atoms with E-state index in [2.05, 4.69) is 22.6 Å². The van der Waals surface area contributed by atoms with Gasteiger partial charge in [-0.05, 0) is 41.1 Å². The summed E-state index contributed by atoms with van der Waals surface area (Å²) < 4.78 is 16.0. The lowest BCUT2D eigenvalue weighted by Gasteiger charge is -2.38. The fourth-order valence-electron chi connectivity index (χ4n) is 2.22. The van der Waals surface area contributed by atoms with Gasteiger partial charge in [0.15, 0.2) is 11.5 Å². The first-order valence-electron chi connectivity index (χ1n) is 6.33. The van der Waals surface area contributed by atoms with E-state index in [1.807, 2.05) is 0 Å². The molecule has 0 N–H and O–H groups in total. The maximum absolute atomic E-state index is 12.5. The topological polar surface area (TPSA) is 65.1 Å². The molecule has 6 nitrogen and oxygen atoms in total. The van der Waals surface area contributed by atoms with Crippen molar-refractivity contribution in [2.75, 3.05) is 27.9 Å². The summed E-state index contributed by atoms with van der Waals surface area (Å²) in [7, 11) is 4.38. The van der Waals surface area contributed by atoms with Gasteiger partial charge in [-0.25, -0.2) is 4.79 Å². The van der Waals surface area contributed by atoms with Gasteiger partial charge in [0.2, 0.25) is 0 Å². The molecule has 1 heterocycles. The zero-order chi connectivity index (χ0) is 15.6. The minimum absolute atomic E-state index is 0.212. The molecule has 1 aliphatic heterocycles. The first kappa shape index (κ1) is 15.9. The molecule has 1 aliphatic rings. The predicted octanol–water partition coefficient (Wildman–Crippen LogP) is 1.70. The predicted molar refractivity (Wildman–Crippen MR) is 83.7 cm³/mol. The number of methoxy groups -OCH3 is 3. The summed E-state index contributed by atoms with van der Waals surface area (Å²) in [5, 5.41) is 0. The Morgan fingerprint density at radius 2 is 1.95 bits per heavy atom. The normalized spacial score (nSPS) is 17.0. The average molecular weight is 405 g/mol. The van der Waals surface area contributed by atoms with E-state index in [9.17, 15) is 9.59 Å². The van der Waals surface area contributed by atoms with Crippen LogP contribution in [0, 0.1) is 3.57 Å². The summed E-state index contributed by atoms with van der Waals surface area (Å²) >= 11 is 2.08. The van der Waals surface area contributed by atoms with E-state index < -0.39 is 6.04 Å². The molecule has 1 saturated heterocycles. The number of esters is 1. The van der Waals surface area contributed by atoms with Crippen molar-refractivity contribution < 1.29 is 23.8 Å². The van der Waals surface area contributed by atoms with Gasteiger partial charge in [0.25, 0.3) is 5.91 Å². The van der Waals surface area contributed by atoms with Crippen LogP contribution in [-0.2, 0) is 9.53 Å². The zero-order valence-electron chi connectivity index (χ0n) is 12.0. The van der Waals surface area contributed by atoms with Gasteiger partial charge in [0.05, 0.1) is 24.9 Å². The van der Waals surface area contributed by atoms with Crippen molar-refractivity contribution in [1.82, 2.24) is 4.90 Å². The first-order valence-corrected chi connectivity index (χ1v) is 7.41. The van der Waals surface area contributed by atoms with Crippen molar-refractivity contribution in [2.24, 2.45) is 0 Å². The molecule has 0 aromatic heterocycles. The van der Waals surface area contributed by atoms with Gasteiger partial charge in [-0.3, -0.25) is 4.79 Å². The molecule has 0 spiro atoms. The molecule has 21 heavy (non-hydrogen) atoms. The quantitative estimate of drug-likeness (QED) is 0.564. The Morgan fingerprint density at radius 1 is 1.24 bits per heavy atom. The van der Waals surface area contributed by atoms with Crippen LogP contribution in [0.5, 0.6) is 11.5 Å². The number of rotatable bonds is 4. The molecule has 1 aromatic rings. The Labute approximate surface area is 136 Å².